The third-order valence-corrected chi connectivity index (χ3v) is 4.40. The number of nitrogens with one attached hydrogen (secondary N) is 1. The van der Waals surface area contributed by atoms with Gasteiger partial charge < -0.3 is 9.66 Å². The largest absolute Gasteiger partial charge is 0.593 e. The van der Waals surface area contributed by atoms with Gasteiger partial charge in [0.05, 0.1) is 16.9 Å². The zero-order valence-electron chi connectivity index (χ0n) is 12.9. The molecule has 0 radical (unpaired) electrons. The zero-order chi connectivity index (χ0) is 17.1. The number of hydrogen-bond acceptors (Lipinski definition) is 3. The minimum atomic E-state index is -3.65. The van der Waals surface area contributed by atoms with E-state index in [9.17, 15) is 17.7 Å². The van der Waals surface area contributed by atoms with E-state index in [1.807, 2.05) is 0 Å². The van der Waals surface area contributed by atoms with Crippen LogP contribution in [0, 0.1) is 5.82 Å². The Hall–Kier alpha value is -1.18. The summed E-state index contributed by atoms with van der Waals surface area (Å²) in [4.78, 5) is 0. The first kappa shape index (κ1) is 18.9. The van der Waals surface area contributed by atoms with Crippen LogP contribution >= 0.6 is 0 Å². The summed E-state index contributed by atoms with van der Waals surface area (Å²) in [7, 11) is 0. The van der Waals surface area contributed by atoms with Crippen LogP contribution in [0.2, 0.25) is 0 Å². The van der Waals surface area contributed by atoms with E-state index >= 15 is 0 Å². The average molecular weight is 335 g/mol. The fourth-order valence-corrected chi connectivity index (χ4v) is 2.24. The Balaban J connectivity index is 3.10. The van der Waals surface area contributed by atoms with Crippen molar-refractivity contribution in [3.63, 3.8) is 0 Å². The topological polar surface area (TPSA) is 55.3 Å². The SMILES string of the molecule is C/C(=C\N[S@+]([O-])C(C)(C)C)c1cccc(C(F)(F)CO)c1F. The van der Waals surface area contributed by atoms with Gasteiger partial charge in [-0.25, -0.2) is 9.11 Å². The first-order chi connectivity index (χ1) is 10.0. The summed E-state index contributed by atoms with van der Waals surface area (Å²) < 4.78 is 55.2. The molecule has 0 fully saturated rings. The smallest absolute Gasteiger partial charge is 0.298 e. The van der Waals surface area contributed by atoms with Crippen LogP contribution in [0.4, 0.5) is 13.2 Å². The molecule has 1 aromatic rings. The highest BCUT2D eigenvalue weighted by Crippen LogP contribution is 2.32. The van der Waals surface area contributed by atoms with Gasteiger partial charge in [0.2, 0.25) is 0 Å². The summed E-state index contributed by atoms with van der Waals surface area (Å²) in [6.45, 7) is 5.35. The Labute approximate surface area is 131 Å². The highest BCUT2D eigenvalue weighted by molar-refractivity contribution is 7.90. The minimum absolute atomic E-state index is 0.0379. The first-order valence-corrected chi connectivity index (χ1v) is 7.78. The molecule has 0 heterocycles. The lowest BCUT2D eigenvalue weighted by Gasteiger charge is -2.23. The van der Waals surface area contributed by atoms with Crippen LogP contribution in [0.25, 0.3) is 5.57 Å². The molecule has 0 aromatic heterocycles. The van der Waals surface area contributed by atoms with E-state index in [2.05, 4.69) is 4.72 Å². The van der Waals surface area contributed by atoms with E-state index < -0.39 is 40.0 Å². The van der Waals surface area contributed by atoms with Gasteiger partial charge in [-0.3, -0.25) is 0 Å². The second-order valence-corrected chi connectivity index (χ2v) is 7.85. The summed E-state index contributed by atoms with van der Waals surface area (Å²) in [6, 6.07) is 3.57. The summed E-state index contributed by atoms with van der Waals surface area (Å²) >= 11 is -1.40. The summed E-state index contributed by atoms with van der Waals surface area (Å²) in [5.41, 5.74) is -0.577. The monoisotopic (exact) mass is 335 g/mol. The van der Waals surface area contributed by atoms with Gasteiger partial charge in [0.1, 0.15) is 17.2 Å². The highest BCUT2D eigenvalue weighted by Gasteiger charge is 2.34. The number of allylic oxidation sites excluding steroid dienone is 1. The molecule has 0 spiro atoms. The molecule has 0 bridgehead atoms. The van der Waals surface area contributed by atoms with E-state index in [1.54, 1.807) is 20.8 Å². The molecule has 1 aromatic carbocycles. The number of alkyl halides is 2. The molecule has 124 valence electrons. The fraction of sp³-hybridized carbons (Fsp3) is 0.467. The van der Waals surface area contributed by atoms with Crippen LogP contribution in [0.3, 0.4) is 0 Å². The molecular weight excluding hydrogens is 315 g/mol. The van der Waals surface area contributed by atoms with E-state index in [1.165, 1.54) is 25.3 Å². The van der Waals surface area contributed by atoms with E-state index in [0.717, 1.165) is 6.07 Å². The molecule has 0 saturated heterocycles. The minimum Gasteiger partial charge on any atom is -0.593 e. The van der Waals surface area contributed by atoms with Crippen molar-refractivity contribution in [2.24, 2.45) is 0 Å². The molecule has 7 heteroatoms. The maximum Gasteiger partial charge on any atom is 0.298 e. The molecule has 0 aliphatic heterocycles. The molecule has 0 aliphatic carbocycles. The van der Waals surface area contributed by atoms with Gasteiger partial charge >= 0.3 is 0 Å². The molecule has 0 saturated carbocycles. The predicted molar refractivity (Wildman–Crippen MR) is 82.1 cm³/mol. The number of halogens is 3. The lowest BCUT2D eigenvalue weighted by molar-refractivity contribution is -0.0583. The third-order valence-electron chi connectivity index (χ3n) is 2.95. The molecule has 3 nitrogen and oxygen atoms in total. The first-order valence-electron chi connectivity index (χ1n) is 6.63. The molecule has 1 atom stereocenters. The Morgan fingerprint density at radius 1 is 1.36 bits per heavy atom. The molecule has 0 unspecified atom stereocenters. The number of rotatable bonds is 5. The van der Waals surface area contributed by atoms with Gasteiger partial charge in [0.25, 0.3) is 5.92 Å². The Morgan fingerprint density at radius 2 is 1.95 bits per heavy atom. The Kier molecular flexibility index (Phi) is 5.95. The van der Waals surface area contributed by atoms with Crippen molar-refractivity contribution in [1.29, 1.82) is 0 Å². The number of benzene rings is 1. The molecule has 0 amide bonds. The second kappa shape index (κ2) is 6.93. The van der Waals surface area contributed by atoms with Crippen LogP contribution < -0.4 is 4.72 Å². The second-order valence-electron chi connectivity index (χ2n) is 5.86. The maximum atomic E-state index is 14.2. The van der Waals surface area contributed by atoms with E-state index in [4.69, 9.17) is 5.11 Å². The third kappa shape index (κ3) is 4.41. The van der Waals surface area contributed by atoms with Gasteiger partial charge in [-0.1, -0.05) is 12.1 Å². The Morgan fingerprint density at radius 3 is 2.45 bits per heavy atom. The maximum absolute atomic E-state index is 14.2. The molecule has 2 N–H and O–H groups in total. The van der Waals surface area contributed by atoms with Gasteiger partial charge in [-0.15, -0.1) is 0 Å². The van der Waals surface area contributed by atoms with Crippen molar-refractivity contribution in [3.05, 3.63) is 41.3 Å². The van der Waals surface area contributed by atoms with Crippen LogP contribution in [-0.4, -0.2) is 21.0 Å². The fourth-order valence-electron chi connectivity index (χ4n) is 1.60. The molecular formula is C15H20F3NO2S. The van der Waals surface area contributed by atoms with Crippen molar-refractivity contribution in [2.75, 3.05) is 6.61 Å². The van der Waals surface area contributed by atoms with E-state index in [-0.39, 0.29) is 5.56 Å². The van der Waals surface area contributed by atoms with Gasteiger partial charge in [-0.2, -0.15) is 8.78 Å². The number of aliphatic hydroxyl groups excluding tert-OH is 1. The summed E-state index contributed by atoms with van der Waals surface area (Å²) in [6.07, 6.45) is 1.33. The molecule has 22 heavy (non-hydrogen) atoms. The highest BCUT2D eigenvalue weighted by atomic mass is 32.2. The average Bonchev–Trinajstić information content (AvgIpc) is 2.43. The van der Waals surface area contributed by atoms with Crippen LogP contribution in [0.5, 0.6) is 0 Å². The van der Waals surface area contributed by atoms with Gasteiger partial charge in [0, 0.05) is 11.8 Å². The summed E-state index contributed by atoms with van der Waals surface area (Å²) in [5.74, 6) is -4.75. The van der Waals surface area contributed by atoms with Crippen molar-refractivity contribution >= 4 is 16.9 Å². The van der Waals surface area contributed by atoms with Crippen LogP contribution in [0.15, 0.2) is 24.4 Å². The summed E-state index contributed by atoms with van der Waals surface area (Å²) in [5, 5.41) is 8.68. The quantitative estimate of drug-likeness (QED) is 0.812. The van der Waals surface area contributed by atoms with Crippen LogP contribution in [0.1, 0.15) is 38.8 Å². The number of hydrogen-bond donors (Lipinski definition) is 2. The van der Waals surface area contributed by atoms with Crippen molar-refractivity contribution in [1.82, 2.24) is 4.72 Å². The number of aliphatic hydroxyl groups is 1. The molecule has 0 aliphatic rings. The normalized spacial score (nSPS) is 14.9. The van der Waals surface area contributed by atoms with Crippen molar-refractivity contribution in [3.8, 4) is 0 Å². The van der Waals surface area contributed by atoms with Gasteiger partial charge in [-0.05, 0) is 39.3 Å². The Bertz CT molecular complexity index is 556. The lowest BCUT2D eigenvalue weighted by Crippen LogP contribution is -2.36. The predicted octanol–water partition coefficient (Wildman–Crippen LogP) is 3.32. The lowest BCUT2D eigenvalue weighted by atomic mass is 10.0. The standard InChI is InChI=1S/C15H20F3NO2S/c1-10(8-19-22(21)14(2,3)4)11-6-5-7-12(13(11)16)15(17,18)9-20/h5-8,19-20H,9H2,1-4H3/b10-8+/t22-/m1/s1. The van der Waals surface area contributed by atoms with Gasteiger partial charge in [0.15, 0.2) is 0 Å². The van der Waals surface area contributed by atoms with E-state index in [0.29, 0.717) is 5.57 Å². The van der Waals surface area contributed by atoms with Crippen LogP contribution in [-0.2, 0) is 17.3 Å². The van der Waals surface area contributed by atoms with Crippen molar-refractivity contribution < 1.29 is 22.8 Å². The zero-order valence-corrected chi connectivity index (χ0v) is 13.7. The van der Waals surface area contributed by atoms with Crippen molar-refractivity contribution in [2.45, 2.75) is 38.4 Å². The molecule has 1 rings (SSSR count).